The van der Waals surface area contributed by atoms with E-state index < -0.39 is 29.0 Å². The zero-order chi connectivity index (χ0) is 22.0. The van der Waals surface area contributed by atoms with E-state index in [-0.39, 0.29) is 46.4 Å². The van der Waals surface area contributed by atoms with Crippen molar-refractivity contribution in [2.24, 2.45) is 23.5 Å². The van der Waals surface area contributed by atoms with Crippen LogP contribution in [0, 0.1) is 29.4 Å². The van der Waals surface area contributed by atoms with Gasteiger partial charge in [-0.25, -0.2) is 13.6 Å². The number of rotatable bonds is 3. The van der Waals surface area contributed by atoms with E-state index in [9.17, 15) is 9.59 Å². The quantitative estimate of drug-likeness (QED) is 0.572. The number of hydrogen-bond donors (Lipinski definition) is 2. The van der Waals surface area contributed by atoms with Crippen LogP contribution in [0.15, 0.2) is 29.2 Å². The minimum absolute atomic E-state index is 0.0234. The van der Waals surface area contributed by atoms with Crippen molar-refractivity contribution >= 4 is 22.7 Å². The smallest absolute Gasteiger partial charge is 0.449 e. The lowest BCUT2D eigenvalue weighted by molar-refractivity contribution is 0.143. The number of nitrogens with zero attached hydrogens (tertiary/aromatic N) is 2. The van der Waals surface area contributed by atoms with Crippen molar-refractivity contribution < 1.29 is 23.4 Å². The first-order chi connectivity index (χ1) is 14.8. The fraction of sp³-hybridized carbons (Fsp3) is 0.455. The number of hydrogen-bond acceptors (Lipinski definition) is 5. The average molecular weight is 431 g/mol. The van der Waals surface area contributed by atoms with E-state index in [4.69, 9.17) is 10.8 Å². The van der Waals surface area contributed by atoms with Crippen LogP contribution in [0.3, 0.4) is 0 Å². The van der Waals surface area contributed by atoms with Gasteiger partial charge in [0.25, 0.3) is 0 Å². The lowest BCUT2D eigenvalue weighted by Crippen LogP contribution is -2.41. The summed E-state index contributed by atoms with van der Waals surface area (Å²) in [4.78, 5) is 25.3. The maximum atomic E-state index is 15.8. The molecule has 0 bridgehead atoms. The number of fused-ring (bicyclic) bond motifs is 2. The number of carbonyl (C=O) groups is 1. The first-order valence-corrected chi connectivity index (χ1v) is 10.4. The van der Waals surface area contributed by atoms with Crippen LogP contribution in [-0.2, 0) is 0 Å². The molecule has 2 heterocycles. The summed E-state index contributed by atoms with van der Waals surface area (Å²) in [7, 11) is 0. The number of carboxylic acid groups (broad SMARTS) is 1. The van der Waals surface area contributed by atoms with Gasteiger partial charge in [-0.05, 0) is 30.7 Å². The highest BCUT2D eigenvalue weighted by Crippen LogP contribution is 2.42. The summed E-state index contributed by atoms with van der Waals surface area (Å²) in [6.07, 6.45) is 5.19. The van der Waals surface area contributed by atoms with E-state index in [0.29, 0.717) is 13.1 Å². The van der Waals surface area contributed by atoms with Crippen LogP contribution in [0.1, 0.15) is 25.8 Å². The predicted octanol–water partition coefficient (Wildman–Crippen LogP) is 3.26. The van der Waals surface area contributed by atoms with Gasteiger partial charge >= 0.3 is 6.16 Å². The van der Waals surface area contributed by atoms with Crippen molar-refractivity contribution in [2.75, 3.05) is 18.0 Å². The van der Waals surface area contributed by atoms with E-state index in [0.717, 1.165) is 18.9 Å². The predicted molar refractivity (Wildman–Crippen MR) is 111 cm³/mol. The number of ether oxygens (including phenoxy) is 1. The molecule has 3 N–H and O–H groups in total. The third-order valence-corrected chi connectivity index (χ3v) is 6.78. The van der Waals surface area contributed by atoms with Crippen molar-refractivity contribution in [3.8, 4) is 5.75 Å². The summed E-state index contributed by atoms with van der Waals surface area (Å²) >= 11 is 0. The minimum Gasteiger partial charge on any atom is -0.449 e. The summed E-state index contributed by atoms with van der Waals surface area (Å²) in [5.74, 6) is -1.74. The fourth-order valence-electron chi connectivity index (χ4n) is 4.99. The highest BCUT2D eigenvalue weighted by atomic mass is 19.1. The molecular formula is C22H23F2N3O4. The molecule has 1 aromatic heterocycles. The zero-order valence-electron chi connectivity index (χ0n) is 16.9. The lowest BCUT2D eigenvalue weighted by Gasteiger charge is -2.30. The number of halogens is 2. The Bertz CT molecular complexity index is 1170. The second kappa shape index (κ2) is 7.05. The number of aromatic nitrogens is 1. The average Bonchev–Trinajstić information content (AvgIpc) is 3.46. The van der Waals surface area contributed by atoms with Gasteiger partial charge < -0.3 is 25.0 Å². The Hall–Kier alpha value is -2.94. The van der Waals surface area contributed by atoms with Gasteiger partial charge in [0.2, 0.25) is 5.43 Å². The van der Waals surface area contributed by atoms with Gasteiger partial charge in [0.1, 0.15) is 11.5 Å². The molecule has 9 heteroatoms. The van der Waals surface area contributed by atoms with Gasteiger partial charge in [-0.15, -0.1) is 0 Å². The first-order valence-electron chi connectivity index (χ1n) is 10.4. The molecule has 4 atom stereocenters. The van der Waals surface area contributed by atoms with Crippen LogP contribution in [0.2, 0.25) is 0 Å². The third-order valence-electron chi connectivity index (χ3n) is 6.78. The fourth-order valence-corrected chi connectivity index (χ4v) is 4.99. The summed E-state index contributed by atoms with van der Waals surface area (Å²) in [5, 5.41) is 8.68. The monoisotopic (exact) mass is 431 g/mol. The van der Waals surface area contributed by atoms with Crippen molar-refractivity contribution in [3.05, 3.63) is 46.3 Å². The second-order valence-corrected chi connectivity index (χ2v) is 8.80. The molecule has 164 valence electrons. The molecule has 7 nitrogen and oxygen atoms in total. The van der Waals surface area contributed by atoms with Crippen LogP contribution in [0.25, 0.3) is 10.9 Å². The molecule has 2 fully saturated rings. The number of nitrogens with two attached hydrogens (primary N) is 1. The van der Waals surface area contributed by atoms with E-state index in [1.54, 1.807) is 4.90 Å². The van der Waals surface area contributed by atoms with Crippen molar-refractivity contribution in [1.29, 1.82) is 0 Å². The number of benzene rings is 1. The van der Waals surface area contributed by atoms with Gasteiger partial charge in [-0.1, -0.05) is 19.1 Å². The summed E-state index contributed by atoms with van der Waals surface area (Å²) in [6.45, 7) is 2.89. The summed E-state index contributed by atoms with van der Waals surface area (Å²) in [5.41, 5.74) is 5.30. The number of pyridine rings is 1. The third kappa shape index (κ3) is 3.18. The highest BCUT2D eigenvalue weighted by Gasteiger charge is 2.41. The Labute approximate surface area is 176 Å². The van der Waals surface area contributed by atoms with Gasteiger partial charge in [0, 0.05) is 31.1 Å². The molecule has 3 aliphatic rings. The Kier molecular flexibility index (Phi) is 4.55. The highest BCUT2D eigenvalue weighted by molar-refractivity contribution is 5.86. The van der Waals surface area contributed by atoms with Crippen LogP contribution in [-0.4, -0.2) is 35.0 Å². The Morgan fingerprint density at radius 2 is 2.00 bits per heavy atom. The molecule has 31 heavy (non-hydrogen) atoms. The lowest BCUT2D eigenvalue weighted by atomic mass is 9.78. The van der Waals surface area contributed by atoms with Crippen molar-refractivity contribution in [1.82, 2.24) is 4.57 Å². The molecular weight excluding hydrogens is 408 g/mol. The van der Waals surface area contributed by atoms with Gasteiger partial charge in [0.05, 0.1) is 17.1 Å². The minimum atomic E-state index is -1.66. The van der Waals surface area contributed by atoms with Gasteiger partial charge in [-0.3, -0.25) is 4.79 Å². The van der Waals surface area contributed by atoms with E-state index in [1.807, 2.05) is 6.92 Å². The normalized spacial score (nSPS) is 27.5. The number of anilines is 1. The van der Waals surface area contributed by atoms with Crippen molar-refractivity contribution in [3.63, 3.8) is 0 Å². The van der Waals surface area contributed by atoms with Gasteiger partial charge in [-0.2, -0.15) is 0 Å². The molecule has 2 aliphatic carbocycles. The molecule has 2 aromatic rings. The van der Waals surface area contributed by atoms with E-state index in [1.165, 1.54) is 10.8 Å². The molecule has 0 amide bonds. The van der Waals surface area contributed by atoms with Crippen LogP contribution in [0.4, 0.5) is 19.3 Å². The van der Waals surface area contributed by atoms with Crippen LogP contribution < -0.4 is 20.8 Å². The molecule has 0 radical (unpaired) electrons. The van der Waals surface area contributed by atoms with Crippen LogP contribution >= 0.6 is 0 Å². The molecule has 0 spiro atoms. The van der Waals surface area contributed by atoms with E-state index >= 15 is 8.78 Å². The maximum Gasteiger partial charge on any atom is 0.511 e. The largest absolute Gasteiger partial charge is 0.511 e. The molecule has 1 saturated carbocycles. The molecule has 5 rings (SSSR count). The first kappa shape index (κ1) is 20.0. The maximum absolute atomic E-state index is 15.8. The molecule has 1 aromatic carbocycles. The Balaban J connectivity index is 1.64. The van der Waals surface area contributed by atoms with Gasteiger partial charge in [0.15, 0.2) is 11.6 Å². The van der Waals surface area contributed by atoms with Crippen LogP contribution in [0.5, 0.6) is 5.75 Å². The topological polar surface area (TPSA) is 97.8 Å². The Morgan fingerprint density at radius 3 is 2.68 bits per heavy atom. The zero-order valence-corrected chi connectivity index (χ0v) is 16.9. The Morgan fingerprint density at radius 1 is 1.26 bits per heavy atom. The summed E-state index contributed by atoms with van der Waals surface area (Å²) < 4.78 is 37.1. The molecule has 4 unspecified atom stereocenters. The standard InChI is InChI=1S/C22H23F2N3O4/c1-10-2-3-11-7-26(8-14(11)18(10)25)20-15(23)6-13-19(17(20)24)27(12-4-5-12)9-16(21(13)28)31-22(29)30/h2-3,6,9-12,14,18H,4-5,7-8,25H2,1H3,(H,29,30). The van der Waals surface area contributed by atoms with E-state index in [2.05, 4.69) is 16.9 Å². The second-order valence-electron chi connectivity index (χ2n) is 8.80. The molecule has 1 aliphatic heterocycles. The SMILES string of the molecule is CC1C=CC2CN(c3c(F)cc4c(=O)c(OC(=O)O)cn(C5CC5)c4c3F)CC2C1N. The molecule has 1 saturated heterocycles. The van der Waals surface area contributed by atoms with Crippen molar-refractivity contribution in [2.45, 2.75) is 31.8 Å². The summed E-state index contributed by atoms with van der Waals surface area (Å²) in [6, 6.07) is 0.807.